The first-order valence-corrected chi connectivity index (χ1v) is 9.85. The van der Waals surface area contributed by atoms with Crippen LogP contribution in [0.1, 0.15) is 37.8 Å². The molecule has 2 aromatic carbocycles. The molecular formula is C23H30N2O3. The zero-order chi connectivity index (χ0) is 20.4. The first-order chi connectivity index (χ1) is 13.5. The van der Waals surface area contributed by atoms with E-state index in [-0.39, 0.29) is 18.4 Å². The van der Waals surface area contributed by atoms with Crippen molar-refractivity contribution in [1.29, 1.82) is 0 Å². The van der Waals surface area contributed by atoms with Crippen LogP contribution in [0.25, 0.3) is 0 Å². The van der Waals surface area contributed by atoms with Gasteiger partial charge in [0, 0.05) is 13.1 Å². The molecule has 2 amide bonds. The number of ether oxygens (including phenoxy) is 1. The van der Waals surface area contributed by atoms with Gasteiger partial charge in [-0.3, -0.25) is 9.59 Å². The lowest BCUT2D eigenvalue weighted by atomic mass is 10.1. The third-order valence-corrected chi connectivity index (χ3v) is 4.51. The average molecular weight is 383 g/mol. The molecule has 0 aliphatic carbocycles. The van der Waals surface area contributed by atoms with E-state index in [1.165, 1.54) is 0 Å². The zero-order valence-electron chi connectivity index (χ0n) is 17.0. The van der Waals surface area contributed by atoms with Crippen LogP contribution in [0.4, 0.5) is 0 Å². The summed E-state index contributed by atoms with van der Waals surface area (Å²) in [7, 11) is 0. The lowest BCUT2D eigenvalue weighted by Crippen LogP contribution is -2.50. The quantitative estimate of drug-likeness (QED) is 0.681. The highest BCUT2D eigenvalue weighted by Crippen LogP contribution is 2.15. The summed E-state index contributed by atoms with van der Waals surface area (Å²) in [4.78, 5) is 27.2. The fourth-order valence-corrected chi connectivity index (χ4v) is 2.93. The predicted octanol–water partition coefficient (Wildman–Crippen LogP) is 3.71. The second-order valence-corrected chi connectivity index (χ2v) is 6.82. The molecule has 28 heavy (non-hydrogen) atoms. The van der Waals surface area contributed by atoms with Crippen LogP contribution in [-0.2, 0) is 16.1 Å². The highest BCUT2D eigenvalue weighted by Gasteiger charge is 2.28. The van der Waals surface area contributed by atoms with Crippen LogP contribution >= 0.6 is 0 Å². The molecule has 0 radical (unpaired) electrons. The van der Waals surface area contributed by atoms with Gasteiger partial charge in [-0.25, -0.2) is 0 Å². The number of aryl methyl sites for hydroxylation is 1. The second-order valence-electron chi connectivity index (χ2n) is 6.82. The van der Waals surface area contributed by atoms with Crippen molar-refractivity contribution in [3.05, 3.63) is 65.7 Å². The van der Waals surface area contributed by atoms with Crippen LogP contribution in [0, 0.1) is 6.92 Å². The summed E-state index contributed by atoms with van der Waals surface area (Å²) in [6.07, 6.45) is 1.39. The van der Waals surface area contributed by atoms with Gasteiger partial charge in [0.05, 0.1) is 0 Å². The number of benzene rings is 2. The van der Waals surface area contributed by atoms with Gasteiger partial charge >= 0.3 is 0 Å². The van der Waals surface area contributed by atoms with Crippen molar-refractivity contribution in [1.82, 2.24) is 10.2 Å². The van der Waals surface area contributed by atoms with E-state index in [9.17, 15) is 9.59 Å². The minimum Gasteiger partial charge on any atom is -0.484 e. The Labute approximate surface area is 167 Å². The topological polar surface area (TPSA) is 58.6 Å². The Kier molecular flexibility index (Phi) is 8.53. The van der Waals surface area contributed by atoms with Gasteiger partial charge in [0.25, 0.3) is 5.91 Å². The number of amides is 2. The number of rotatable bonds is 10. The molecule has 1 unspecified atom stereocenters. The Morgan fingerprint density at radius 3 is 2.32 bits per heavy atom. The minimum atomic E-state index is -0.527. The summed E-state index contributed by atoms with van der Waals surface area (Å²) in [5, 5.41) is 2.91. The molecule has 0 bridgehead atoms. The van der Waals surface area contributed by atoms with Crippen molar-refractivity contribution < 1.29 is 14.3 Å². The fourth-order valence-electron chi connectivity index (χ4n) is 2.93. The van der Waals surface area contributed by atoms with Crippen LogP contribution in [0.3, 0.4) is 0 Å². The molecule has 0 saturated heterocycles. The highest BCUT2D eigenvalue weighted by molar-refractivity contribution is 5.88. The van der Waals surface area contributed by atoms with Gasteiger partial charge in [0.15, 0.2) is 6.61 Å². The molecule has 2 aromatic rings. The Bertz CT molecular complexity index is 744. The summed E-state index contributed by atoms with van der Waals surface area (Å²) < 4.78 is 5.67. The molecule has 1 N–H and O–H groups in total. The lowest BCUT2D eigenvalue weighted by molar-refractivity contribution is -0.143. The third kappa shape index (κ3) is 6.41. The summed E-state index contributed by atoms with van der Waals surface area (Å²) in [6, 6.07) is 16.7. The monoisotopic (exact) mass is 382 g/mol. The normalized spacial score (nSPS) is 11.5. The van der Waals surface area contributed by atoms with Crippen molar-refractivity contribution in [2.45, 2.75) is 46.2 Å². The van der Waals surface area contributed by atoms with Crippen LogP contribution < -0.4 is 10.1 Å². The van der Waals surface area contributed by atoms with Crippen LogP contribution in [0.5, 0.6) is 5.75 Å². The number of carbonyl (C=O) groups is 2. The van der Waals surface area contributed by atoms with E-state index in [2.05, 4.69) is 5.32 Å². The summed E-state index contributed by atoms with van der Waals surface area (Å²) >= 11 is 0. The summed E-state index contributed by atoms with van der Waals surface area (Å²) in [6.45, 7) is 6.79. The van der Waals surface area contributed by atoms with Gasteiger partial charge in [-0.2, -0.15) is 0 Å². The minimum absolute atomic E-state index is 0.104. The van der Waals surface area contributed by atoms with Crippen molar-refractivity contribution in [2.75, 3.05) is 13.2 Å². The largest absolute Gasteiger partial charge is 0.484 e. The molecule has 0 aliphatic heterocycles. The maximum atomic E-state index is 13.0. The van der Waals surface area contributed by atoms with Gasteiger partial charge in [0.1, 0.15) is 11.8 Å². The molecule has 0 saturated carbocycles. The van der Waals surface area contributed by atoms with E-state index < -0.39 is 6.04 Å². The number of hydrogen-bond acceptors (Lipinski definition) is 3. The van der Waals surface area contributed by atoms with Crippen molar-refractivity contribution in [3.63, 3.8) is 0 Å². The summed E-state index contributed by atoms with van der Waals surface area (Å²) in [5.41, 5.74) is 2.11. The molecule has 5 nitrogen and oxygen atoms in total. The first kappa shape index (κ1) is 21.5. The second kappa shape index (κ2) is 11.1. The molecule has 0 spiro atoms. The maximum absolute atomic E-state index is 13.0. The van der Waals surface area contributed by atoms with E-state index in [0.29, 0.717) is 25.3 Å². The van der Waals surface area contributed by atoms with E-state index in [4.69, 9.17) is 4.74 Å². The van der Waals surface area contributed by atoms with Gasteiger partial charge in [-0.1, -0.05) is 61.9 Å². The number of nitrogens with zero attached hydrogens (tertiary/aromatic N) is 1. The fraction of sp³-hybridized carbons (Fsp3) is 0.391. The molecule has 5 heteroatoms. The smallest absolute Gasteiger partial charge is 0.261 e. The van der Waals surface area contributed by atoms with Crippen LogP contribution in [0.2, 0.25) is 0 Å². The van der Waals surface area contributed by atoms with Crippen molar-refractivity contribution in [2.24, 2.45) is 0 Å². The lowest BCUT2D eigenvalue weighted by Gasteiger charge is -2.30. The molecule has 0 aliphatic rings. The SMILES string of the molecule is CCCNC(=O)C(CC)N(Cc1ccccc1)C(=O)COc1ccc(C)cc1. The molecule has 2 rings (SSSR count). The molecule has 150 valence electrons. The summed E-state index contributed by atoms with van der Waals surface area (Å²) in [5.74, 6) is 0.314. The number of carbonyl (C=O) groups excluding carboxylic acids is 2. The standard InChI is InChI=1S/C23H30N2O3/c1-4-15-24-23(27)21(5-2)25(16-19-9-7-6-8-10-19)22(26)17-28-20-13-11-18(3)12-14-20/h6-14,21H,4-5,15-17H2,1-3H3,(H,24,27). The van der Waals surface area contributed by atoms with Gasteiger partial charge in [-0.15, -0.1) is 0 Å². The highest BCUT2D eigenvalue weighted by atomic mass is 16.5. The first-order valence-electron chi connectivity index (χ1n) is 9.85. The molecule has 0 heterocycles. The average Bonchev–Trinajstić information content (AvgIpc) is 2.72. The van der Waals surface area contributed by atoms with Gasteiger partial charge in [0.2, 0.25) is 5.91 Å². The van der Waals surface area contributed by atoms with E-state index in [1.54, 1.807) is 4.90 Å². The molecule has 0 fully saturated rings. The van der Waals surface area contributed by atoms with E-state index in [1.807, 2.05) is 75.4 Å². The Morgan fingerprint density at radius 2 is 1.71 bits per heavy atom. The maximum Gasteiger partial charge on any atom is 0.261 e. The third-order valence-electron chi connectivity index (χ3n) is 4.51. The molecular weight excluding hydrogens is 352 g/mol. The molecule has 0 aromatic heterocycles. The van der Waals surface area contributed by atoms with Crippen LogP contribution in [0.15, 0.2) is 54.6 Å². The molecule has 1 atom stereocenters. The van der Waals surface area contributed by atoms with Gasteiger partial charge in [-0.05, 0) is 37.5 Å². The van der Waals surface area contributed by atoms with Crippen molar-refractivity contribution in [3.8, 4) is 5.75 Å². The Morgan fingerprint density at radius 1 is 1.04 bits per heavy atom. The number of nitrogens with one attached hydrogen (secondary N) is 1. The van der Waals surface area contributed by atoms with Gasteiger partial charge < -0.3 is 15.0 Å². The van der Waals surface area contributed by atoms with E-state index >= 15 is 0 Å². The van der Waals surface area contributed by atoms with Crippen LogP contribution in [-0.4, -0.2) is 35.9 Å². The van der Waals surface area contributed by atoms with E-state index in [0.717, 1.165) is 17.5 Å². The zero-order valence-corrected chi connectivity index (χ0v) is 17.0. The number of hydrogen-bond donors (Lipinski definition) is 1. The predicted molar refractivity (Wildman–Crippen MR) is 111 cm³/mol. The Balaban J connectivity index is 2.14. The Hall–Kier alpha value is -2.82. The van der Waals surface area contributed by atoms with Crippen molar-refractivity contribution >= 4 is 11.8 Å².